The van der Waals surface area contributed by atoms with Crippen molar-refractivity contribution in [3.63, 3.8) is 0 Å². The predicted octanol–water partition coefficient (Wildman–Crippen LogP) is 3.28. The van der Waals surface area contributed by atoms with Crippen molar-refractivity contribution in [3.05, 3.63) is 11.7 Å². The lowest BCUT2D eigenvalue weighted by Crippen LogP contribution is -2.42. The summed E-state index contributed by atoms with van der Waals surface area (Å²) in [6, 6.07) is -0.250. The molecule has 1 saturated carbocycles. The van der Waals surface area contributed by atoms with Crippen LogP contribution in [0.3, 0.4) is 0 Å². The van der Waals surface area contributed by atoms with Crippen LogP contribution in [-0.4, -0.2) is 34.3 Å². The number of piperidine rings is 1. The summed E-state index contributed by atoms with van der Waals surface area (Å²) < 4.78 is 43.7. The number of aromatic nitrogens is 2. The largest absolute Gasteiger partial charge is 0.393 e. The van der Waals surface area contributed by atoms with Crippen LogP contribution in [0.25, 0.3) is 0 Å². The standard InChI is InChI=1S/C13H18F3N3O/c1-8(12-17-11(18-20-12)9-4-5-9)19-6-2-3-10(7-19)13(14,15)16/h8-10H,2-7H2,1H3. The summed E-state index contributed by atoms with van der Waals surface area (Å²) in [6.45, 7) is 2.50. The summed E-state index contributed by atoms with van der Waals surface area (Å²) >= 11 is 0. The molecule has 7 heteroatoms. The molecule has 1 aliphatic heterocycles. The summed E-state index contributed by atoms with van der Waals surface area (Å²) in [6.07, 6.45) is -1.20. The van der Waals surface area contributed by atoms with Crippen LogP contribution in [0.2, 0.25) is 0 Å². The maximum Gasteiger partial charge on any atom is 0.393 e. The zero-order valence-corrected chi connectivity index (χ0v) is 11.4. The topological polar surface area (TPSA) is 42.2 Å². The second kappa shape index (κ2) is 5.02. The highest BCUT2D eigenvalue weighted by Crippen LogP contribution is 2.39. The van der Waals surface area contributed by atoms with Crippen molar-refractivity contribution < 1.29 is 17.7 Å². The molecule has 0 N–H and O–H groups in total. The van der Waals surface area contributed by atoms with E-state index in [0.29, 0.717) is 30.6 Å². The van der Waals surface area contributed by atoms with E-state index in [2.05, 4.69) is 10.1 Å². The zero-order valence-electron chi connectivity index (χ0n) is 11.4. The minimum Gasteiger partial charge on any atom is -0.338 e. The smallest absolute Gasteiger partial charge is 0.338 e. The van der Waals surface area contributed by atoms with Crippen molar-refractivity contribution in [2.75, 3.05) is 13.1 Å². The van der Waals surface area contributed by atoms with Gasteiger partial charge in [0, 0.05) is 12.5 Å². The minimum absolute atomic E-state index is 0.0197. The van der Waals surface area contributed by atoms with Gasteiger partial charge in [0.15, 0.2) is 5.82 Å². The molecule has 2 atom stereocenters. The first kappa shape index (κ1) is 13.9. The Balaban J connectivity index is 1.67. The van der Waals surface area contributed by atoms with Gasteiger partial charge in [-0.15, -0.1) is 0 Å². The lowest BCUT2D eigenvalue weighted by Gasteiger charge is -2.36. The van der Waals surface area contributed by atoms with Crippen LogP contribution in [-0.2, 0) is 0 Å². The van der Waals surface area contributed by atoms with Gasteiger partial charge in [0.2, 0.25) is 5.89 Å². The zero-order chi connectivity index (χ0) is 14.3. The molecule has 0 aromatic carbocycles. The SMILES string of the molecule is CC(c1nc(C2CC2)no1)N1CCCC(C(F)(F)F)C1. The summed E-state index contributed by atoms with van der Waals surface area (Å²) in [4.78, 5) is 6.13. The van der Waals surface area contributed by atoms with Gasteiger partial charge in [-0.05, 0) is 39.2 Å². The molecule has 1 aromatic rings. The van der Waals surface area contributed by atoms with Crippen molar-refractivity contribution >= 4 is 0 Å². The molecular formula is C13H18F3N3O. The van der Waals surface area contributed by atoms with Crippen LogP contribution in [0, 0.1) is 5.92 Å². The van der Waals surface area contributed by atoms with E-state index in [1.165, 1.54) is 0 Å². The molecule has 0 spiro atoms. The van der Waals surface area contributed by atoms with Gasteiger partial charge in [0.25, 0.3) is 0 Å². The van der Waals surface area contributed by atoms with Crippen LogP contribution in [0.15, 0.2) is 4.52 Å². The molecule has 0 amide bonds. The van der Waals surface area contributed by atoms with E-state index in [-0.39, 0.29) is 19.0 Å². The second-order valence-electron chi connectivity index (χ2n) is 5.82. The number of rotatable bonds is 3. The molecule has 112 valence electrons. The van der Waals surface area contributed by atoms with E-state index in [9.17, 15) is 13.2 Å². The molecule has 2 fully saturated rings. The van der Waals surface area contributed by atoms with Crippen LogP contribution < -0.4 is 0 Å². The summed E-state index contributed by atoms with van der Waals surface area (Å²) in [5, 5.41) is 3.93. The Morgan fingerprint density at radius 1 is 1.30 bits per heavy atom. The highest BCUT2D eigenvalue weighted by Gasteiger charge is 2.43. The van der Waals surface area contributed by atoms with Crippen molar-refractivity contribution in [1.29, 1.82) is 0 Å². The Kier molecular flexibility index (Phi) is 3.48. The van der Waals surface area contributed by atoms with E-state index in [1.54, 1.807) is 4.90 Å². The van der Waals surface area contributed by atoms with E-state index < -0.39 is 12.1 Å². The maximum absolute atomic E-state index is 12.8. The number of hydrogen-bond donors (Lipinski definition) is 0. The van der Waals surface area contributed by atoms with Crippen LogP contribution in [0.1, 0.15) is 56.3 Å². The lowest BCUT2D eigenvalue weighted by atomic mass is 9.96. The quantitative estimate of drug-likeness (QED) is 0.856. The normalized spacial score (nSPS) is 26.7. The molecule has 0 bridgehead atoms. The van der Waals surface area contributed by atoms with E-state index in [1.807, 2.05) is 6.92 Å². The van der Waals surface area contributed by atoms with Gasteiger partial charge in [0.05, 0.1) is 12.0 Å². The highest BCUT2D eigenvalue weighted by molar-refractivity contribution is 5.05. The summed E-state index contributed by atoms with van der Waals surface area (Å²) in [5.41, 5.74) is 0. The first-order valence-electron chi connectivity index (χ1n) is 7.09. The summed E-state index contributed by atoms with van der Waals surface area (Å²) in [7, 11) is 0. The third-order valence-corrected chi connectivity index (χ3v) is 4.22. The van der Waals surface area contributed by atoms with Crippen molar-refractivity contribution in [3.8, 4) is 0 Å². The van der Waals surface area contributed by atoms with Gasteiger partial charge in [0.1, 0.15) is 0 Å². The third kappa shape index (κ3) is 2.82. The van der Waals surface area contributed by atoms with E-state index >= 15 is 0 Å². The number of alkyl halides is 3. The van der Waals surface area contributed by atoms with E-state index in [0.717, 1.165) is 12.8 Å². The number of likely N-dealkylation sites (tertiary alicyclic amines) is 1. The Hall–Kier alpha value is -1.11. The minimum atomic E-state index is -4.12. The number of hydrogen-bond acceptors (Lipinski definition) is 4. The molecule has 2 heterocycles. The first-order chi connectivity index (χ1) is 9.45. The fraction of sp³-hybridized carbons (Fsp3) is 0.846. The summed E-state index contributed by atoms with van der Waals surface area (Å²) in [5.74, 6) is 0.291. The molecule has 0 radical (unpaired) electrons. The van der Waals surface area contributed by atoms with Gasteiger partial charge < -0.3 is 4.52 Å². The van der Waals surface area contributed by atoms with Gasteiger partial charge in [-0.1, -0.05) is 5.16 Å². The van der Waals surface area contributed by atoms with Gasteiger partial charge in [-0.25, -0.2) is 0 Å². The van der Waals surface area contributed by atoms with Crippen molar-refractivity contribution in [1.82, 2.24) is 15.0 Å². The second-order valence-corrected chi connectivity index (χ2v) is 5.82. The molecule has 1 aliphatic carbocycles. The average molecular weight is 289 g/mol. The molecule has 1 aromatic heterocycles. The Labute approximate surface area is 115 Å². The first-order valence-corrected chi connectivity index (χ1v) is 7.09. The lowest BCUT2D eigenvalue weighted by molar-refractivity contribution is -0.188. The third-order valence-electron chi connectivity index (χ3n) is 4.22. The Bertz CT molecular complexity index is 470. The average Bonchev–Trinajstić information content (AvgIpc) is 3.15. The maximum atomic E-state index is 12.8. The van der Waals surface area contributed by atoms with Crippen molar-refractivity contribution in [2.24, 2.45) is 5.92 Å². The predicted molar refractivity (Wildman–Crippen MR) is 65.0 cm³/mol. The van der Waals surface area contributed by atoms with Gasteiger partial charge in [-0.2, -0.15) is 18.2 Å². The molecule has 3 rings (SSSR count). The van der Waals surface area contributed by atoms with Crippen LogP contribution in [0.5, 0.6) is 0 Å². The highest BCUT2D eigenvalue weighted by atomic mass is 19.4. The Morgan fingerprint density at radius 2 is 2.05 bits per heavy atom. The van der Waals surface area contributed by atoms with Crippen LogP contribution in [0.4, 0.5) is 13.2 Å². The molecule has 2 unspecified atom stereocenters. The molecule has 2 aliphatic rings. The number of nitrogens with zero attached hydrogens (tertiary/aromatic N) is 3. The number of halogens is 3. The van der Waals surface area contributed by atoms with Gasteiger partial charge >= 0.3 is 6.18 Å². The molecule has 4 nitrogen and oxygen atoms in total. The molecule has 20 heavy (non-hydrogen) atoms. The fourth-order valence-electron chi connectivity index (χ4n) is 2.71. The van der Waals surface area contributed by atoms with E-state index in [4.69, 9.17) is 4.52 Å². The monoisotopic (exact) mass is 289 g/mol. The van der Waals surface area contributed by atoms with Crippen molar-refractivity contribution in [2.45, 2.75) is 50.7 Å². The fourth-order valence-corrected chi connectivity index (χ4v) is 2.71. The molecular weight excluding hydrogens is 271 g/mol. The van der Waals surface area contributed by atoms with Gasteiger partial charge in [-0.3, -0.25) is 4.90 Å². The molecule has 1 saturated heterocycles. The Morgan fingerprint density at radius 3 is 2.70 bits per heavy atom. The van der Waals surface area contributed by atoms with Crippen LogP contribution >= 0.6 is 0 Å².